The molecule has 2 aromatic rings. The summed E-state index contributed by atoms with van der Waals surface area (Å²) < 4.78 is 63.0. The van der Waals surface area contributed by atoms with Crippen LogP contribution in [0.25, 0.3) is 0 Å². The fraction of sp³-hybridized carbons (Fsp3) is 0.381. The van der Waals surface area contributed by atoms with Crippen molar-refractivity contribution in [3.05, 3.63) is 58.6 Å². The number of nitrogens with zero attached hydrogens (tertiary/aromatic N) is 3. The van der Waals surface area contributed by atoms with Gasteiger partial charge in [-0.2, -0.15) is 19.0 Å². The van der Waals surface area contributed by atoms with Gasteiger partial charge in [-0.15, -0.1) is 5.25 Å². The van der Waals surface area contributed by atoms with Crippen molar-refractivity contribution in [2.45, 2.75) is 37.7 Å². The van der Waals surface area contributed by atoms with Gasteiger partial charge >= 0.3 is 25.3 Å². The van der Waals surface area contributed by atoms with Crippen LogP contribution in [-0.2, 0) is 27.9 Å². The highest BCUT2D eigenvalue weighted by Gasteiger charge is 2.62. The number of rotatable bonds is 11. The zero-order valence-electron chi connectivity index (χ0n) is 19.7. The van der Waals surface area contributed by atoms with Crippen LogP contribution in [0.1, 0.15) is 29.9 Å². The highest BCUT2D eigenvalue weighted by atomic mass is 31.2. The number of carbonyl (C=O) groups is 2. The lowest BCUT2D eigenvalue weighted by atomic mass is 10.1. The van der Waals surface area contributed by atoms with Crippen LogP contribution in [0.3, 0.4) is 0 Å². The Hall–Kier alpha value is -3.58. The highest BCUT2D eigenvalue weighted by molar-refractivity contribution is 7.51. The molecule has 1 aromatic heterocycles. The van der Waals surface area contributed by atoms with Crippen LogP contribution in [-0.4, -0.2) is 58.0 Å². The number of nitrogens with one attached hydrogen (secondary N) is 2. The molecule has 1 aliphatic heterocycles. The predicted molar refractivity (Wildman–Crippen MR) is 122 cm³/mol. The minimum atomic E-state index is -4.46. The average molecular weight is 557 g/mol. The summed E-state index contributed by atoms with van der Waals surface area (Å²) in [5, 5.41) is 21.3. The zero-order valence-corrected chi connectivity index (χ0v) is 20.5. The van der Waals surface area contributed by atoms with Gasteiger partial charge in [-0.3, -0.25) is 23.2 Å². The molecule has 14 nitrogen and oxygen atoms in total. The number of carbonyl (C=O) groups excluding carboxylic acids is 2. The Labute approximate surface area is 213 Å². The lowest BCUT2D eigenvalue weighted by molar-refractivity contribution is -0.174. The van der Waals surface area contributed by atoms with Gasteiger partial charge in [0.1, 0.15) is 11.9 Å². The van der Waals surface area contributed by atoms with E-state index in [2.05, 4.69) is 10.3 Å². The van der Waals surface area contributed by atoms with E-state index in [0.717, 1.165) is 19.2 Å². The Bertz CT molecular complexity index is 1300. The molecule has 3 rings (SSSR count). The molecular formula is C21H22F2N5O9P. The first kappa shape index (κ1) is 29.0. The van der Waals surface area contributed by atoms with Gasteiger partial charge in [0.2, 0.25) is 6.23 Å². The number of alkyl halides is 2. The lowest BCUT2D eigenvalue weighted by Gasteiger charge is -2.24. The Balaban J connectivity index is 1.81. The molecule has 1 fully saturated rings. The number of halogens is 2. The van der Waals surface area contributed by atoms with Gasteiger partial charge in [0, 0.05) is 18.7 Å². The SMILES string of the molecule is CC(=O)OC1C(COP(=O)(NO)OCCC#N)OC(n2ccc(NC(=O)c3ccccc3)nc2=O)C1(F)F. The normalized spacial score (nSPS) is 21.7. The van der Waals surface area contributed by atoms with E-state index >= 15 is 8.78 Å². The van der Waals surface area contributed by atoms with Crippen LogP contribution >= 0.6 is 7.75 Å². The Morgan fingerprint density at radius 3 is 2.61 bits per heavy atom. The number of amides is 1. The van der Waals surface area contributed by atoms with E-state index in [9.17, 15) is 18.9 Å². The second kappa shape index (κ2) is 12.3. The fourth-order valence-corrected chi connectivity index (χ4v) is 4.21. The second-order valence-electron chi connectivity index (χ2n) is 7.69. The van der Waals surface area contributed by atoms with Gasteiger partial charge in [0.25, 0.3) is 5.91 Å². The van der Waals surface area contributed by atoms with E-state index in [1.54, 1.807) is 24.3 Å². The van der Waals surface area contributed by atoms with Crippen molar-refractivity contribution in [1.82, 2.24) is 14.8 Å². The third kappa shape index (κ3) is 6.84. The summed E-state index contributed by atoms with van der Waals surface area (Å²) >= 11 is 0. The molecule has 0 saturated carbocycles. The number of benzene rings is 1. The minimum Gasteiger partial charge on any atom is -0.453 e. The summed E-state index contributed by atoms with van der Waals surface area (Å²) in [6.45, 7) is -0.507. The molecular weight excluding hydrogens is 535 g/mol. The van der Waals surface area contributed by atoms with Crippen molar-refractivity contribution in [3.8, 4) is 6.07 Å². The summed E-state index contributed by atoms with van der Waals surface area (Å²) in [6, 6.07) is 10.7. The quantitative estimate of drug-likeness (QED) is 0.158. The van der Waals surface area contributed by atoms with Gasteiger partial charge in [0.15, 0.2) is 6.10 Å². The van der Waals surface area contributed by atoms with Crippen molar-refractivity contribution < 1.29 is 46.7 Å². The maximum atomic E-state index is 15.3. The zero-order chi connectivity index (χ0) is 27.9. The van der Waals surface area contributed by atoms with Crippen LogP contribution < -0.4 is 16.3 Å². The Morgan fingerprint density at radius 2 is 2.00 bits per heavy atom. The number of esters is 1. The molecule has 17 heteroatoms. The summed E-state index contributed by atoms with van der Waals surface area (Å²) in [7, 11) is -4.46. The first-order valence-corrected chi connectivity index (χ1v) is 12.4. The molecule has 204 valence electrons. The maximum Gasteiger partial charge on any atom is 0.428 e. The number of aromatic nitrogens is 2. The van der Waals surface area contributed by atoms with Crippen LogP contribution in [0.2, 0.25) is 0 Å². The standard InChI is InChI=1S/C21H22F2N5O9P/c1-13(29)36-17-15(12-35-38(33,27-32)34-11-5-9-24)37-19(21(17,22)23)28-10-8-16(26-20(28)31)25-18(30)14-6-3-2-4-7-14/h2-4,6-8,10,15,17,19,32H,5,11-12H2,1H3,(H,27,33)(H,25,26,30,31). The maximum absolute atomic E-state index is 15.3. The van der Waals surface area contributed by atoms with Crippen molar-refractivity contribution in [2.24, 2.45) is 0 Å². The molecule has 0 aliphatic carbocycles. The van der Waals surface area contributed by atoms with Crippen LogP contribution in [0, 0.1) is 11.3 Å². The molecule has 1 aromatic carbocycles. The average Bonchev–Trinajstić information content (AvgIpc) is 3.12. The number of nitriles is 1. The van der Waals surface area contributed by atoms with E-state index < -0.39 is 62.9 Å². The monoisotopic (exact) mass is 557 g/mol. The number of ether oxygens (including phenoxy) is 2. The third-order valence-electron chi connectivity index (χ3n) is 5.01. The number of anilines is 1. The van der Waals surface area contributed by atoms with Crippen LogP contribution in [0.15, 0.2) is 47.4 Å². The third-order valence-corrected chi connectivity index (χ3v) is 6.27. The smallest absolute Gasteiger partial charge is 0.428 e. The first-order valence-electron chi connectivity index (χ1n) is 10.8. The van der Waals surface area contributed by atoms with Gasteiger partial charge in [-0.05, 0) is 18.2 Å². The van der Waals surface area contributed by atoms with Crippen molar-refractivity contribution in [2.75, 3.05) is 18.5 Å². The van der Waals surface area contributed by atoms with Gasteiger partial charge in [-0.25, -0.2) is 9.36 Å². The summed E-state index contributed by atoms with van der Waals surface area (Å²) in [4.78, 5) is 40.0. The lowest BCUT2D eigenvalue weighted by Crippen LogP contribution is -2.44. The van der Waals surface area contributed by atoms with Gasteiger partial charge in [-0.1, -0.05) is 18.2 Å². The van der Waals surface area contributed by atoms with E-state index in [0.29, 0.717) is 4.57 Å². The first-order chi connectivity index (χ1) is 18.0. The number of hydrogen-bond acceptors (Lipinski definition) is 11. The minimum absolute atomic E-state index is 0.219. The molecule has 0 radical (unpaired) electrons. The predicted octanol–water partition coefficient (Wildman–Crippen LogP) is 1.99. The molecule has 4 atom stereocenters. The van der Waals surface area contributed by atoms with Gasteiger partial charge < -0.3 is 20.0 Å². The topological polar surface area (TPSA) is 191 Å². The van der Waals surface area contributed by atoms with Crippen molar-refractivity contribution >= 4 is 25.4 Å². The van der Waals surface area contributed by atoms with E-state index in [4.69, 9.17) is 29.0 Å². The van der Waals surface area contributed by atoms with Crippen molar-refractivity contribution in [3.63, 3.8) is 0 Å². The molecule has 1 amide bonds. The molecule has 0 spiro atoms. The van der Waals surface area contributed by atoms with E-state index in [1.165, 1.54) is 17.4 Å². The largest absolute Gasteiger partial charge is 0.453 e. The Morgan fingerprint density at radius 1 is 1.29 bits per heavy atom. The molecule has 2 heterocycles. The molecule has 4 unspecified atom stereocenters. The Kier molecular flexibility index (Phi) is 9.39. The molecule has 3 N–H and O–H groups in total. The molecule has 1 saturated heterocycles. The van der Waals surface area contributed by atoms with E-state index in [1.807, 2.05) is 0 Å². The van der Waals surface area contributed by atoms with Crippen LogP contribution in [0.5, 0.6) is 0 Å². The van der Waals surface area contributed by atoms with Crippen molar-refractivity contribution in [1.29, 1.82) is 5.26 Å². The fourth-order valence-electron chi connectivity index (χ4n) is 3.34. The highest BCUT2D eigenvalue weighted by Crippen LogP contribution is 2.47. The molecule has 1 aliphatic rings. The summed E-state index contributed by atoms with van der Waals surface area (Å²) in [6.07, 6.45) is -5.76. The summed E-state index contributed by atoms with van der Waals surface area (Å²) in [5.74, 6) is -5.94. The second-order valence-corrected chi connectivity index (χ2v) is 9.40. The molecule has 38 heavy (non-hydrogen) atoms. The molecule has 0 bridgehead atoms. The van der Waals surface area contributed by atoms with Gasteiger partial charge in [0.05, 0.1) is 25.7 Å². The number of hydrogen-bond donors (Lipinski definition) is 3. The summed E-state index contributed by atoms with van der Waals surface area (Å²) in [5.41, 5.74) is -0.964. The van der Waals surface area contributed by atoms with Crippen LogP contribution in [0.4, 0.5) is 14.6 Å². The van der Waals surface area contributed by atoms with E-state index in [-0.39, 0.29) is 17.8 Å².